The van der Waals surface area contributed by atoms with E-state index >= 15 is 0 Å². The minimum atomic E-state index is -0.685. The molecule has 1 aromatic carbocycles. The van der Waals surface area contributed by atoms with Gasteiger partial charge in [0.25, 0.3) is 6.47 Å². The van der Waals surface area contributed by atoms with Crippen LogP contribution in [0, 0.1) is 17.6 Å². The standard InChI is InChI=1S/C20H23F2N3O3.CH2O2/c21-15-9-14(10-16(22)11-15)19-23-17-12-25(6-3-18(17)28-19)20(27)13-1-4-24(5-2-13)7-8-26;2-1-3/h9-11,13,26H,1-8,12H2;1H,(H,2,3). The molecule has 2 aliphatic heterocycles. The quantitative estimate of drug-likeness (QED) is 0.704. The lowest BCUT2D eigenvalue weighted by molar-refractivity contribution is -0.138. The Kier molecular flexibility index (Phi) is 7.69. The number of hydrogen-bond acceptors (Lipinski definition) is 6. The van der Waals surface area contributed by atoms with Gasteiger partial charge in [-0.15, -0.1) is 0 Å². The molecule has 0 radical (unpaired) electrons. The van der Waals surface area contributed by atoms with Gasteiger partial charge in [-0.2, -0.15) is 0 Å². The first-order valence-electron chi connectivity index (χ1n) is 10.1. The number of benzene rings is 1. The van der Waals surface area contributed by atoms with Crippen LogP contribution in [0.4, 0.5) is 8.78 Å². The molecule has 168 valence electrons. The SMILES string of the molecule is O=C(C1CCN(CCO)CC1)N1CCc2oc(-c3cc(F)cc(F)c3)nc2C1.O=CO. The second kappa shape index (κ2) is 10.5. The minimum Gasteiger partial charge on any atom is -0.483 e. The summed E-state index contributed by atoms with van der Waals surface area (Å²) in [5, 5.41) is 15.9. The van der Waals surface area contributed by atoms with Gasteiger partial charge in [0, 0.05) is 37.1 Å². The van der Waals surface area contributed by atoms with Gasteiger partial charge in [0.15, 0.2) is 0 Å². The van der Waals surface area contributed by atoms with Crippen LogP contribution in [0.5, 0.6) is 0 Å². The molecule has 1 amide bonds. The second-order valence-corrected chi connectivity index (χ2v) is 7.50. The number of fused-ring (bicyclic) bond motifs is 1. The van der Waals surface area contributed by atoms with Gasteiger partial charge in [0.05, 0.1) is 13.2 Å². The number of oxazole rings is 1. The molecule has 31 heavy (non-hydrogen) atoms. The van der Waals surface area contributed by atoms with Crippen LogP contribution >= 0.6 is 0 Å². The van der Waals surface area contributed by atoms with Gasteiger partial charge < -0.3 is 24.4 Å². The molecule has 0 atom stereocenters. The van der Waals surface area contributed by atoms with Crippen LogP contribution in [0.2, 0.25) is 0 Å². The third-order valence-corrected chi connectivity index (χ3v) is 5.50. The van der Waals surface area contributed by atoms with E-state index in [2.05, 4.69) is 9.88 Å². The molecule has 0 saturated carbocycles. The number of carbonyl (C=O) groups excluding carboxylic acids is 1. The molecule has 0 bridgehead atoms. The molecule has 8 nitrogen and oxygen atoms in total. The van der Waals surface area contributed by atoms with E-state index in [0.717, 1.165) is 32.0 Å². The molecule has 0 aliphatic carbocycles. The van der Waals surface area contributed by atoms with Crippen molar-refractivity contribution in [2.24, 2.45) is 5.92 Å². The Bertz CT molecular complexity index is 892. The molecule has 2 aromatic rings. The number of nitrogens with zero attached hydrogens (tertiary/aromatic N) is 3. The van der Waals surface area contributed by atoms with E-state index in [1.165, 1.54) is 12.1 Å². The van der Waals surface area contributed by atoms with Crippen molar-refractivity contribution in [2.75, 3.05) is 32.8 Å². The first kappa shape index (κ1) is 22.8. The van der Waals surface area contributed by atoms with Crippen LogP contribution in [0.25, 0.3) is 11.5 Å². The van der Waals surface area contributed by atoms with Gasteiger partial charge in [-0.05, 0) is 38.1 Å². The molecule has 10 heteroatoms. The molecule has 4 rings (SSSR count). The van der Waals surface area contributed by atoms with Crippen LogP contribution in [0.15, 0.2) is 22.6 Å². The van der Waals surface area contributed by atoms with Gasteiger partial charge in [-0.25, -0.2) is 13.8 Å². The Hall–Kier alpha value is -2.85. The zero-order valence-corrected chi connectivity index (χ0v) is 17.0. The molecule has 1 aromatic heterocycles. The topological polar surface area (TPSA) is 107 Å². The number of piperidine rings is 1. The number of aliphatic hydroxyl groups excluding tert-OH is 1. The van der Waals surface area contributed by atoms with E-state index < -0.39 is 11.6 Å². The van der Waals surface area contributed by atoms with Gasteiger partial charge >= 0.3 is 0 Å². The third kappa shape index (κ3) is 5.65. The number of carboxylic acid groups (broad SMARTS) is 1. The van der Waals surface area contributed by atoms with E-state index in [9.17, 15) is 13.6 Å². The number of likely N-dealkylation sites (tertiary alicyclic amines) is 1. The maximum Gasteiger partial charge on any atom is 0.290 e. The smallest absolute Gasteiger partial charge is 0.290 e. The maximum absolute atomic E-state index is 13.5. The number of rotatable bonds is 4. The lowest BCUT2D eigenvalue weighted by Gasteiger charge is -2.34. The van der Waals surface area contributed by atoms with E-state index in [0.29, 0.717) is 37.5 Å². The highest BCUT2D eigenvalue weighted by molar-refractivity contribution is 5.79. The van der Waals surface area contributed by atoms with E-state index in [-0.39, 0.29) is 36.4 Å². The number of β-amino-alcohol motifs (C(OH)–C–C–N with tert-alkyl or cyclic N) is 1. The highest BCUT2D eigenvalue weighted by Crippen LogP contribution is 2.29. The Labute approximate surface area is 178 Å². The lowest BCUT2D eigenvalue weighted by Crippen LogP contribution is -2.44. The van der Waals surface area contributed by atoms with E-state index in [1.54, 1.807) is 4.90 Å². The average Bonchev–Trinajstić information content (AvgIpc) is 3.17. The number of carbonyl (C=O) groups is 2. The summed E-state index contributed by atoms with van der Waals surface area (Å²) in [6, 6.07) is 3.17. The van der Waals surface area contributed by atoms with Gasteiger partial charge in [0.2, 0.25) is 11.8 Å². The highest BCUT2D eigenvalue weighted by Gasteiger charge is 2.32. The molecule has 0 spiro atoms. The molecular weight excluding hydrogens is 412 g/mol. The Morgan fingerprint density at radius 3 is 2.45 bits per heavy atom. The van der Waals surface area contributed by atoms with Crippen molar-refractivity contribution in [1.29, 1.82) is 0 Å². The molecule has 0 unspecified atom stereocenters. The van der Waals surface area contributed by atoms with Gasteiger partial charge in [-0.3, -0.25) is 9.59 Å². The predicted octanol–water partition coefficient (Wildman–Crippen LogP) is 1.91. The van der Waals surface area contributed by atoms with Gasteiger partial charge in [-0.1, -0.05) is 0 Å². The van der Waals surface area contributed by atoms with Crippen LogP contribution in [0.1, 0.15) is 24.3 Å². The molecule has 1 saturated heterocycles. The summed E-state index contributed by atoms with van der Waals surface area (Å²) in [5.74, 6) is -0.418. The number of hydrogen-bond donors (Lipinski definition) is 2. The van der Waals surface area contributed by atoms with Crippen molar-refractivity contribution in [3.05, 3.63) is 41.3 Å². The first-order valence-corrected chi connectivity index (χ1v) is 10.1. The number of halogens is 2. The zero-order chi connectivity index (χ0) is 22.4. The fraction of sp³-hybridized carbons (Fsp3) is 0.476. The molecular formula is C21H25F2N3O5. The monoisotopic (exact) mass is 437 g/mol. The summed E-state index contributed by atoms with van der Waals surface area (Å²) in [6.07, 6.45) is 2.11. The fourth-order valence-corrected chi connectivity index (χ4v) is 3.99. The summed E-state index contributed by atoms with van der Waals surface area (Å²) in [4.78, 5) is 29.6. The number of aliphatic hydroxyl groups is 1. The van der Waals surface area contributed by atoms with Crippen molar-refractivity contribution in [2.45, 2.75) is 25.8 Å². The van der Waals surface area contributed by atoms with Crippen LogP contribution in [-0.4, -0.2) is 70.2 Å². The van der Waals surface area contributed by atoms with Crippen molar-refractivity contribution in [1.82, 2.24) is 14.8 Å². The summed E-state index contributed by atoms with van der Waals surface area (Å²) >= 11 is 0. The van der Waals surface area contributed by atoms with Crippen molar-refractivity contribution >= 4 is 12.4 Å². The summed E-state index contributed by atoms with van der Waals surface area (Å²) in [7, 11) is 0. The first-order chi connectivity index (χ1) is 14.9. The lowest BCUT2D eigenvalue weighted by atomic mass is 9.94. The van der Waals surface area contributed by atoms with Gasteiger partial charge in [0.1, 0.15) is 23.1 Å². The number of amides is 1. The molecule has 1 fully saturated rings. The Morgan fingerprint density at radius 2 is 1.84 bits per heavy atom. The van der Waals surface area contributed by atoms with Crippen LogP contribution < -0.4 is 0 Å². The molecule has 2 N–H and O–H groups in total. The van der Waals surface area contributed by atoms with E-state index in [4.69, 9.17) is 19.4 Å². The second-order valence-electron chi connectivity index (χ2n) is 7.50. The predicted molar refractivity (Wildman–Crippen MR) is 106 cm³/mol. The van der Waals surface area contributed by atoms with Crippen LogP contribution in [-0.2, 0) is 22.6 Å². The summed E-state index contributed by atoms with van der Waals surface area (Å²) in [5.41, 5.74) is 0.901. The number of aromatic nitrogens is 1. The fourth-order valence-electron chi connectivity index (χ4n) is 3.99. The van der Waals surface area contributed by atoms with Crippen molar-refractivity contribution in [3.63, 3.8) is 0 Å². The van der Waals surface area contributed by atoms with E-state index in [1.807, 2.05) is 0 Å². The van der Waals surface area contributed by atoms with Crippen molar-refractivity contribution in [3.8, 4) is 11.5 Å². The Morgan fingerprint density at radius 1 is 1.19 bits per heavy atom. The van der Waals surface area contributed by atoms with Crippen LogP contribution in [0.3, 0.4) is 0 Å². The summed E-state index contributed by atoms with van der Waals surface area (Å²) in [6.45, 7) is 3.07. The van der Waals surface area contributed by atoms with Crippen molar-refractivity contribution < 1.29 is 33.0 Å². The Balaban J connectivity index is 0.000000858. The zero-order valence-electron chi connectivity index (χ0n) is 17.0. The largest absolute Gasteiger partial charge is 0.483 e. The summed E-state index contributed by atoms with van der Waals surface area (Å²) < 4.78 is 32.6. The maximum atomic E-state index is 13.5. The minimum absolute atomic E-state index is 0.0137. The highest BCUT2D eigenvalue weighted by atomic mass is 19.1. The molecule has 2 aliphatic rings. The third-order valence-electron chi connectivity index (χ3n) is 5.50. The average molecular weight is 437 g/mol. The normalized spacial score (nSPS) is 16.9. The molecule has 3 heterocycles.